The molecule has 0 radical (unpaired) electrons. The molecule has 2 nitrogen and oxygen atoms in total. The number of aryl methyl sites for hydroxylation is 1. The van der Waals surface area contributed by atoms with Gasteiger partial charge in [0.1, 0.15) is 0 Å². The van der Waals surface area contributed by atoms with Gasteiger partial charge in [-0.05, 0) is 25.3 Å². The molecule has 0 unspecified atom stereocenters. The van der Waals surface area contributed by atoms with Gasteiger partial charge in [0.05, 0.1) is 0 Å². The van der Waals surface area contributed by atoms with Crippen LogP contribution in [0.15, 0.2) is 24.3 Å². The van der Waals surface area contributed by atoms with Crippen molar-refractivity contribution in [1.82, 2.24) is 5.32 Å². The van der Waals surface area contributed by atoms with Crippen molar-refractivity contribution in [3.05, 3.63) is 35.4 Å². The number of amides is 1. The Hall–Kier alpha value is -1.31. The Bertz CT molecular complexity index is 325. The van der Waals surface area contributed by atoms with E-state index in [4.69, 9.17) is 0 Å². The van der Waals surface area contributed by atoms with Crippen LogP contribution in [0.2, 0.25) is 0 Å². The predicted octanol–water partition coefficient (Wildman–Crippen LogP) is 2.02. The molecule has 1 N–H and O–H groups in total. The fourth-order valence-electron chi connectivity index (χ4n) is 1.38. The number of hydrogen-bond acceptors (Lipinski definition) is 1. The third-order valence-corrected chi connectivity index (χ3v) is 2.54. The minimum atomic E-state index is 0.213. The average molecular weight is 189 g/mol. The third-order valence-electron chi connectivity index (χ3n) is 2.54. The molecule has 74 valence electrons. The van der Waals surface area contributed by atoms with E-state index in [1.165, 1.54) is 11.1 Å². The molecule has 0 atom stereocenters. The van der Waals surface area contributed by atoms with Crippen molar-refractivity contribution in [2.45, 2.75) is 26.3 Å². The predicted molar refractivity (Wildman–Crippen MR) is 55.7 cm³/mol. The van der Waals surface area contributed by atoms with Gasteiger partial charge in [-0.2, -0.15) is 0 Å². The third kappa shape index (κ3) is 2.34. The van der Waals surface area contributed by atoms with Gasteiger partial charge < -0.3 is 5.32 Å². The lowest BCUT2D eigenvalue weighted by molar-refractivity contribution is -0.122. The van der Waals surface area contributed by atoms with E-state index in [1.54, 1.807) is 0 Å². The van der Waals surface area contributed by atoms with Gasteiger partial charge in [0.2, 0.25) is 5.91 Å². The van der Waals surface area contributed by atoms with E-state index in [1.807, 2.05) is 0 Å². The number of hydrogen-bond donors (Lipinski definition) is 1. The van der Waals surface area contributed by atoms with E-state index in [2.05, 4.69) is 36.5 Å². The first kappa shape index (κ1) is 9.25. The number of benzene rings is 1. The van der Waals surface area contributed by atoms with Crippen LogP contribution in [0.4, 0.5) is 0 Å². The SMILES string of the molecule is Cc1ccc(CNC(=O)C2CC2)cc1. The summed E-state index contributed by atoms with van der Waals surface area (Å²) < 4.78 is 0. The molecular formula is C12H15NO. The Labute approximate surface area is 84.3 Å². The second-order valence-corrected chi connectivity index (χ2v) is 3.98. The Balaban J connectivity index is 1.85. The van der Waals surface area contributed by atoms with E-state index in [-0.39, 0.29) is 5.91 Å². The maximum absolute atomic E-state index is 11.3. The number of carbonyl (C=O) groups is 1. The van der Waals surface area contributed by atoms with Crippen LogP contribution in [0.5, 0.6) is 0 Å². The van der Waals surface area contributed by atoms with Crippen LogP contribution in [0.1, 0.15) is 24.0 Å². The highest BCUT2D eigenvalue weighted by molar-refractivity contribution is 5.80. The van der Waals surface area contributed by atoms with E-state index >= 15 is 0 Å². The van der Waals surface area contributed by atoms with Gasteiger partial charge in [-0.15, -0.1) is 0 Å². The molecular weight excluding hydrogens is 174 g/mol. The van der Waals surface area contributed by atoms with Crippen LogP contribution in [0, 0.1) is 12.8 Å². The molecule has 1 fully saturated rings. The van der Waals surface area contributed by atoms with Gasteiger partial charge in [-0.1, -0.05) is 29.8 Å². The van der Waals surface area contributed by atoms with E-state index in [0.717, 1.165) is 12.8 Å². The molecule has 0 aliphatic heterocycles. The van der Waals surface area contributed by atoms with Crippen molar-refractivity contribution in [3.8, 4) is 0 Å². The summed E-state index contributed by atoms with van der Waals surface area (Å²) in [5, 5.41) is 2.94. The van der Waals surface area contributed by atoms with Gasteiger partial charge >= 0.3 is 0 Å². The summed E-state index contributed by atoms with van der Waals surface area (Å²) in [6.45, 7) is 2.72. The molecule has 0 spiro atoms. The second-order valence-electron chi connectivity index (χ2n) is 3.98. The Morgan fingerprint density at radius 2 is 2.00 bits per heavy atom. The molecule has 0 saturated heterocycles. The van der Waals surface area contributed by atoms with Crippen molar-refractivity contribution < 1.29 is 4.79 Å². The van der Waals surface area contributed by atoms with Gasteiger partial charge in [-0.25, -0.2) is 0 Å². The molecule has 1 aromatic rings. The summed E-state index contributed by atoms with van der Waals surface area (Å²) in [4.78, 5) is 11.3. The minimum absolute atomic E-state index is 0.213. The lowest BCUT2D eigenvalue weighted by Gasteiger charge is -2.04. The fraction of sp³-hybridized carbons (Fsp3) is 0.417. The van der Waals surface area contributed by atoms with E-state index in [9.17, 15) is 4.79 Å². The van der Waals surface area contributed by atoms with Crippen molar-refractivity contribution >= 4 is 5.91 Å². The molecule has 1 aliphatic carbocycles. The molecule has 0 heterocycles. The summed E-state index contributed by atoms with van der Waals surface area (Å²) in [5.41, 5.74) is 2.42. The highest BCUT2D eigenvalue weighted by atomic mass is 16.2. The molecule has 2 rings (SSSR count). The number of carbonyl (C=O) groups excluding carboxylic acids is 1. The largest absolute Gasteiger partial charge is 0.352 e. The average Bonchev–Trinajstić information content (AvgIpc) is 3.00. The van der Waals surface area contributed by atoms with Crippen molar-refractivity contribution in [2.24, 2.45) is 5.92 Å². The normalized spacial score (nSPS) is 15.2. The molecule has 2 heteroatoms. The minimum Gasteiger partial charge on any atom is -0.352 e. The lowest BCUT2D eigenvalue weighted by Crippen LogP contribution is -2.24. The Morgan fingerprint density at radius 3 is 2.57 bits per heavy atom. The molecule has 1 aliphatic rings. The van der Waals surface area contributed by atoms with E-state index < -0.39 is 0 Å². The van der Waals surface area contributed by atoms with Crippen LogP contribution >= 0.6 is 0 Å². The molecule has 0 aromatic heterocycles. The molecule has 1 aromatic carbocycles. The summed E-state index contributed by atoms with van der Waals surface area (Å²) in [6.07, 6.45) is 2.14. The zero-order chi connectivity index (χ0) is 9.97. The monoisotopic (exact) mass is 189 g/mol. The molecule has 14 heavy (non-hydrogen) atoms. The Morgan fingerprint density at radius 1 is 1.36 bits per heavy atom. The van der Waals surface area contributed by atoms with Crippen LogP contribution in [0.3, 0.4) is 0 Å². The van der Waals surface area contributed by atoms with Crippen molar-refractivity contribution in [2.75, 3.05) is 0 Å². The first-order valence-corrected chi connectivity index (χ1v) is 5.09. The maximum Gasteiger partial charge on any atom is 0.223 e. The molecule has 0 bridgehead atoms. The standard InChI is InChI=1S/C12H15NO/c1-9-2-4-10(5-3-9)8-13-12(14)11-6-7-11/h2-5,11H,6-8H2,1H3,(H,13,14). The van der Waals surface area contributed by atoms with Crippen LogP contribution < -0.4 is 5.32 Å². The number of nitrogens with one attached hydrogen (secondary N) is 1. The van der Waals surface area contributed by atoms with Crippen LogP contribution in [-0.2, 0) is 11.3 Å². The Kier molecular flexibility index (Phi) is 2.53. The van der Waals surface area contributed by atoms with Crippen molar-refractivity contribution in [3.63, 3.8) is 0 Å². The van der Waals surface area contributed by atoms with Crippen molar-refractivity contribution in [1.29, 1.82) is 0 Å². The highest BCUT2D eigenvalue weighted by Gasteiger charge is 2.28. The molecule has 1 amide bonds. The first-order chi connectivity index (χ1) is 6.75. The zero-order valence-corrected chi connectivity index (χ0v) is 8.42. The summed E-state index contributed by atoms with van der Waals surface area (Å²) >= 11 is 0. The number of rotatable bonds is 3. The van der Waals surface area contributed by atoms with Gasteiger partial charge in [0, 0.05) is 12.5 Å². The maximum atomic E-state index is 11.3. The van der Waals surface area contributed by atoms with Crippen LogP contribution in [0.25, 0.3) is 0 Å². The van der Waals surface area contributed by atoms with Gasteiger partial charge in [0.25, 0.3) is 0 Å². The lowest BCUT2D eigenvalue weighted by atomic mass is 10.1. The second kappa shape index (κ2) is 3.82. The smallest absolute Gasteiger partial charge is 0.223 e. The highest BCUT2D eigenvalue weighted by Crippen LogP contribution is 2.28. The summed E-state index contributed by atoms with van der Waals surface area (Å²) in [7, 11) is 0. The first-order valence-electron chi connectivity index (χ1n) is 5.09. The van der Waals surface area contributed by atoms with Gasteiger partial charge in [-0.3, -0.25) is 4.79 Å². The summed E-state index contributed by atoms with van der Waals surface area (Å²) in [5.74, 6) is 0.519. The molecule has 1 saturated carbocycles. The van der Waals surface area contributed by atoms with E-state index in [0.29, 0.717) is 12.5 Å². The quantitative estimate of drug-likeness (QED) is 0.774. The zero-order valence-electron chi connectivity index (χ0n) is 8.42. The fourth-order valence-corrected chi connectivity index (χ4v) is 1.38. The van der Waals surface area contributed by atoms with Gasteiger partial charge in [0.15, 0.2) is 0 Å². The topological polar surface area (TPSA) is 29.1 Å². The van der Waals surface area contributed by atoms with Crippen LogP contribution in [-0.4, -0.2) is 5.91 Å². The summed E-state index contributed by atoms with van der Waals surface area (Å²) in [6, 6.07) is 8.25.